The average molecular weight is 252 g/mol. The Morgan fingerprint density at radius 3 is 2.72 bits per heavy atom. The lowest BCUT2D eigenvalue weighted by molar-refractivity contribution is -0.120. The summed E-state index contributed by atoms with van der Waals surface area (Å²) in [5.41, 5.74) is 0. The molecule has 18 heavy (non-hydrogen) atoms. The molecule has 3 heteroatoms. The standard InChI is InChI=1S/C15H24O3/c1-3-5-6-7-12-13(9-8-11(16)4-2)15(18)10-14(12)17/h6-9,11-13,15-16,18H,3-5,10H2,1-2H3/b7-6-,9-8+. The third-order valence-corrected chi connectivity index (χ3v) is 3.41. The second-order valence-electron chi connectivity index (χ2n) is 4.92. The molecule has 0 bridgehead atoms. The molecule has 1 aliphatic rings. The van der Waals surface area contributed by atoms with Crippen molar-refractivity contribution in [2.75, 3.05) is 0 Å². The lowest BCUT2D eigenvalue weighted by Crippen LogP contribution is -2.17. The first-order valence-electron chi connectivity index (χ1n) is 6.84. The molecule has 102 valence electrons. The van der Waals surface area contributed by atoms with Crippen LogP contribution in [0.3, 0.4) is 0 Å². The van der Waals surface area contributed by atoms with Crippen molar-refractivity contribution in [3.63, 3.8) is 0 Å². The van der Waals surface area contributed by atoms with Crippen LogP contribution in [0, 0.1) is 11.8 Å². The molecule has 0 aliphatic heterocycles. The van der Waals surface area contributed by atoms with Crippen molar-refractivity contribution in [3.8, 4) is 0 Å². The SMILES string of the molecule is CCC/C=C\C1C(=O)CC(O)C1/C=C/C(O)CC. The molecule has 0 aromatic heterocycles. The minimum Gasteiger partial charge on any atom is -0.392 e. The lowest BCUT2D eigenvalue weighted by atomic mass is 9.92. The summed E-state index contributed by atoms with van der Waals surface area (Å²) in [6, 6.07) is 0. The molecule has 2 N–H and O–H groups in total. The van der Waals surface area contributed by atoms with Gasteiger partial charge in [-0.25, -0.2) is 0 Å². The summed E-state index contributed by atoms with van der Waals surface area (Å²) in [4.78, 5) is 11.8. The summed E-state index contributed by atoms with van der Waals surface area (Å²) < 4.78 is 0. The van der Waals surface area contributed by atoms with E-state index in [1.807, 2.05) is 19.1 Å². The normalized spacial score (nSPS) is 30.7. The van der Waals surface area contributed by atoms with E-state index in [2.05, 4.69) is 6.92 Å². The van der Waals surface area contributed by atoms with Crippen molar-refractivity contribution >= 4 is 5.78 Å². The van der Waals surface area contributed by atoms with Gasteiger partial charge >= 0.3 is 0 Å². The zero-order chi connectivity index (χ0) is 13.5. The number of allylic oxidation sites excluding steroid dienone is 2. The van der Waals surface area contributed by atoms with E-state index in [0.29, 0.717) is 6.42 Å². The number of carbonyl (C=O) groups is 1. The zero-order valence-electron chi connectivity index (χ0n) is 11.2. The van der Waals surface area contributed by atoms with Crippen molar-refractivity contribution < 1.29 is 15.0 Å². The smallest absolute Gasteiger partial charge is 0.143 e. The summed E-state index contributed by atoms with van der Waals surface area (Å²) in [5.74, 6) is -0.325. The molecule has 0 aromatic carbocycles. The minimum absolute atomic E-state index is 0.0930. The fraction of sp³-hybridized carbons (Fsp3) is 0.667. The van der Waals surface area contributed by atoms with Crippen LogP contribution in [0.25, 0.3) is 0 Å². The van der Waals surface area contributed by atoms with Crippen LogP contribution in [0.4, 0.5) is 0 Å². The van der Waals surface area contributed by atoms with Gasteiger partial charge in [-0.2, -0.15) is 0 Å². The average Bonchev–Trinajstić information content (AvgIpc) is 2.61. The summed E-state index contributed by atoms with van der Waals surface area (Å²) in [6.45, 7) is 3.98. The van der Waals surface area contributed by atoms with Crippen LogP contribution < -0.4 is 0 Å². The number of carbonyl (C=O) groups excluding carboxylic acids is 1. The van der Waals surface area contributed by atoms with Gasteiger partial charge in [-0.05, 0) is 12.8 Å². The molecule has 1 rings (SSSR count). The number of hydrogen-bond acceptors (Lipinski definition) is 3. The molecule has 0 heterocycles. The van der Waals surface area contributed by atoms with Gasteiger partial charge in [0.1, 0.15) is 5.78 Å². The molecular formula is C15H24O3. The Kier molecular flexibility index (Phi) is 6.30. The maximum Gasteiger partial charge on any atom is 0.143 e. The van der Waals surface area contributed by atoms with Crippen LogP contribution in [0.1, 0.15) is 39.5 Å². The minimum atomic E-state index is -0.617. The molecule has 0 saturated heterocycles. The van der Waals surface area contributed by atoms with Gasteiger partial charge in [0.2, 0.25) is 0 Å². The van der Waals surface area contributed by atoms with Crippen molar-refractivity contribution in [1.29, 1.82) is 0 Å². The summed E-state index contributed by atoms with van der Waals surface area (Å²) >= 11 is 0. The number of aliphatic hydroxyl groups is 2. The van der Waals surface area contributed by atoms with Crippen LogP contribution in [0.5, 0.6) is 0 Å². The first kappa shape index (κ1) is 15.1. The van der Waals surface area contributed by atoms with Gasteiger partial charge in [0.05, 0.1) is 12.2 Å². The topological polar surface area (TPSA) is 57.5 Å². The maximum atomic E-state index is 11.8. The highest BCUT2D eigenvalue weighted by atomic mass is 16.3. The Morgan fingerprint density at radius 2 is 2.11 bits per heavy atom. The lowest BCUT2D eigenvalue weighted by Gasteiger charge is -2.14. The molecule has 3 nitrogen and oxygen atoms in total. The predicted octanol–water partition coefficient (Wildman–Crippen LogP) is 2.24. The van der Waals surface area contributed by atoms with Crippen molar-refractivity contribution in [3.05, 3.63) is 24.3 Å². The number of Topliss-reactive ketones (excluding diaryl/α,β-unsaturated/α-hetero) is 1. The van der Waals surface area contributed by atoms with Gasteiger partial charge in [-0.3, -0.25) is 4.79 Å². The van der Waals surface area contributed by atoms with Gasteiger partial charge in [0.15, 0.2) is 0 Å². The molecule has 1 fully saturated rings. The number of ketones is 1. The molecule has 0 amide bonds. The largest absolute Gasteiger partial charge is 0.392 e. The Bertz CT molecular complexity index is 320. The van der Waals surface area contributed by atoms with Gasteiger partial charge < -0.3 is 10.2 Å². The Hall–Kier alpha value is -0.930. The molecular weight excluding hydrogens is 228 g/mol. The quantitative estimate of drug-likeness (QED) is 0.713. The molecule has 0 aromatic rings. The second-order valence-corrected chi connectivity index (χ2v) is 4.92. The van der Waals surface area contributed by atoms with Crippen LogP contribution >= 0.6 is 0 Å². The third-order valence-electron chi connectivity index (χ3n) is 3.41. The number of unbranched alkanes of at least 4 members (excludes halogenated alkanes) is 1. The monoisotopic (exact) mass is 252 g/mol. The zero-order valence-corrected chi connectivity index (χ0v) is 11.2. The molecule has 0 spiro atoms. The number of rotatable bonds is 6. The fourth-order valence-corrected chi connectivity index (χ4v) is 2.22. The van der Waals surface area contributed by atoms with Gasteiger partial charge in [-0.15, -0.1) is 0 Å². The first-order valence-corrected chi connectivity index (χ1v) is 6.84. The first-order chi connectivity index (χ1) is 8.60. The summed E-state index contributed by atoms with van der Waals surface area (Å²) in [5, 5.41) is 19.4. The third kappa shape index (κ3) is 4.07. The summed E-state index contributed by atoms with van der Waals surface area (Å²) in [6.07, 6.45) is 9.16. The summed E-state index contributed by atoms with van der Waals surface area (Å²) in [7, 11) is 0. The van der Waals surface area contributed by atoms with E-state index < -0.39 is 12.2 Å². The van der Waals surface area contributed by atoms with Crippen molar-refractivity contribution in [2.45, 2.75) is 51.7 Å². The second kappa shape index (κ2) is 7.49. The van der Waals surface area contributed by atoms with Crippen LogP contribution in [0.15, 0.2) is 24.3 Å². The molecule has 4 unspecified atom stereocenters. The molecule has 1 aliphatic carbocycles. The Labute approximate surface area is 109 Å². The molecule has 4 atom stereocenters. The Morgan fingerprint density at radius 1 is 1.39 bits per heavy atom. The van der Waals surface area contributed by atoms with E-state index in [1.54, 1.807) is 12.2 Å². The van der Waals surface area contributed by atoms with E-state index in [-0.39, 0.29) is 24.0 Å². The maximum absolute atomic E-state index is 11.8. The van der Waals surface area contributed by atoms with Gasteiger partial charge in [-0.1, -0.05) is 44.6 Å². The fourth-order valence-electron chi connectivity index (χ4n) is 2.22. The van der Waals surface area contributed by atoms with Gasteiger partial charge in [0.25, 0.3) is 0 Å². The van der Waals surface area contributed by atoms with Crippen molar-refractivity contribution in [2.24, 2.45) is 11.8 Å². The highest BCUT2D eigenvalue weighted by molar-refractivity contribution is 5.86. The molecule has 1 saturated carbocycles. The number of hydrogen-bond donors (Lipinski definition) is 2. The Balaban J connectivity index is 2.71. The van der Waals surface area contributed by atoms with E-state index in [1.165, 1.54) is 0 Å². The van der Waals surface area contributed by atoms with E-state index in [0.717, 1.165) is 12.8 Å². The van der Waals surface area contributed by atoms with E-state index >= 15 is 0 Å². The molecule has 0 radical (unpaired) electrons. The highest BCUT2D eigenvalue weighted by Crippen LogP contribution is 2.31. The van der Waals surface area contributed by atoms with E-state index in [9.17, 15) is 15.0 Å². The van der Waals surface area contributed by atoms with Crippen molar-refractivity contribution in [1.82, 2.24) is 0 Å². The number of aliphatic hydroxyl groups excluding tert-OH is 2. The predicted molar refractivity (Wildman–Crippen MR) is 72.1 cm³/mol. The van der Waals surface area contributed by atoms with Crippen LogP contribution in [0.2, 0.25) is 0 Å². The van der Waals surface area contributed by atoms with Crippen LogP contribution in [-0.4, -0.2) is 28.2 Å². The van der Waals surface area contributed by atoms with Gasteiger partial charge in [0, 0.05) is 18.3 Å². The highest BCUT2D eigenvalue weighted by Gasteiger charge is 2.38. The van der Waals surface area contributed by atoms with Crippen LogP contribution in [-0.2, 0) is 4.79 Å². The van der Waals surface area contributed by atoms with E-state index in [4.69, 9.17) is 0 Å².